The molecular formula is C19H30N2O2. The molecule has 0 aromatic heterocycles. The number of hydrogen-bond acceptors (Lipinski definition) is 3. The van der Waals surface area contributed by atoms with Crippen LogP contribution in [0.15, 0.2) is 30.3 Å². The van der Waals surface area contributed by atoms with Crippen molar-refractivity contribution >= 4 is 6.09 Å². The van der Waals surface area contributed by atoms with E-state index < -0.39 is 5.60 Å². The van der Waals surface area contributed by atoms with Crippen molar-refractivity contribution in [2.45, 2.75) is 64.6 Å². The zero-order chi connectivity index (χ0) is 16.9. The first kappa shape index (κ1) is 17.8. The quantitative estimate of drug-likeness (QED) is 0.862. The number of benzene rings is 1. The lowest BCUT2D eigenvalue weighted by Crippen LogP contribution is -2.41. The van der Waals surface area contributed by atoms with Gasteiger partial charge in [0.2, 0.25) is 0 Å². The summed E-state index contributed by atoms with van der Waals surface area (Å²) in [4.78, 5) is 11.8. The van der Waals surface area contributed by atoms with Crippen LogP contribution in [0.3, 0.4) is 0 Å². The van der Waals surface area contributed by atoms with Gasteiger partial charge < -0.3 is 15.4 Å². The van der Waals surface area contributed by atoms with Gasteiger partial charge in [-0.15, -0.1) is 0 Å². The number of alkyl carbamates (subject to hydrolysis) is 1. The van der Waals surface area contributed by atoms with E-state index in [-0.39, 0.29) is 6.09 Å². The summed E-state index contributed by atoms with van der Waals surface area (Å²) < 4.78 is 5.31. The molecule has 2 rings (SSSR count). The lowest BCUT2D eigenvalue weighted by atomic mass is 10.0. The number of amides is 1. The molecule has 128 valence electrons. The number of ether oxygens (including phenoxy) is 1. The van der Waals surface area contributed by atoms with Crippen LogP contribution in [0, 0.1) is 5.92 Å². The van der Waals surface area contributed by atoms with Gasteiger partial charge in [0.15, 0.2) is 0 Å². The first-order chi connectivity index (χ1) is 10.8. The minimum Gasteiger partial charge on any atom is -0.444 e. The standard InChI is InChI=1S/C19H30N2O2/c1-14(15-9-6-5-7-10-15)21-17-12-8-11-16(17)13-20-18(22)23-19(2,3)4/h5-7,9-10,14,16-17,21H,8,11-13H2,1-4H3,(H,20,22). The van der Waals surface area contributed by atoms with Gasteiger partial charge in [-0.25, -0.2) is 4.79 Å². The average Bonchev–Trinajstić information content (AvgIpc) is 2.91. The fraction of sp³-hybridized carbons (Fsp3) is 0.632. The number of nitrogens with one attached hydrogen (secondary N) is 2. The molecular weight excluding hydrogens is 288 g/mol. The van der Waals surface area contributed by atoms with Gasteiger partial charge in [-0.2, -0.15) is 0 Å². The van der Waals surface area contributed by atoms with Gasteiger partial charge in [0.1, 0.15) is 5.60 Å². The van der Waals surface area contributed by atoms with Crippen LogP contribution in [-0.4, -0.2) is 24.3 Å². The second-order valence-electron chi connectivity index (χ2n) is 7.48. The van der Waals surface area contributed by atoms with E-state index in [9.17, 15) is 4.79 Å². The van der Waals surface area contributed by atoms with Crippen LogP contribution in [0.5, 0.6) is 0 Å². The van der Waals surface area contributed by atoms with Gasteiger partial charge in [-0.3, -0.25) is 0 Å². The average molecular weight is 318 g/mol. The zero-order valence-corrected chi connectivity index (χ0v) is 14.8. The Morgan fingerprint density at radius 3 is 2.61 bits per heavy atom. The van der Waals surface area contributed by atoms with Gasteiger partial charge in [-0.1, -0.05) is 36.8 Å². The van der Waals surface area contributed by atoms with Crippen molar-refractivity contribution in [3.8, 4) is 0 Å². The Morgan fingerprint density at radius 2 is 1.96 bits per heavy atom. The van der Waals surface area contributed by atoms with Gasteiger partial charge in [0.25, 0.3) is 0 Å². The molecule has 1 aliphatic rings. The Bertz CT molecular complexity index is 496. The van der Waals surface area contributed by atoms with E-state index >= 15 is 0 Å². The van der Waals surface area contributed by atoms with E-state index in [1.54, 1.807) is 0 Å². The molecule has 0 saturated heterocycles. The van der Waals surface area contributed by atoms with Crippen molar-refractivity contribution < 1.29 is 9.53 Å². The van der Waals surface area contributed by atoms with E-state index in [1.165, 1.54) is 12.0 Å². The third kappa shape index (κ3) is 5.87. The highest BCUT2D eigenvalue weighted by molar-refractivity contribution is 5.67. The van der Waals surface area contributed by atoms with Crippen LogP contribution in [0.2, 0.25) is 0 Å². The van der Waals surface area contributed by atoms with Crippen LogP contribution >= 0.6 is 0 Å². The maximum atomic E-state index is 11.8. The molecule has 0 spiro atoms. The van der Waals surface area contributed by atoms with Crippen molar-refractivity contribution in [1.82, 2.24) is 10.6 Å². The van der Waals surface area contributed by atoms with Crippen molar-refractivity contribution in [2.75, 3.05) is 6.54 Å². The molecule has 1 aromatic carbocycles. The van der Waals surface area contributed by atoms with Crippen molar-refractivity contribution in [3.05, 3.63) is 35.9 Å². The highest BCUT2D eigenvalue weighted by atomic mass is 16.6. The SMILES string of the molecule is CC(NC1CCCC1CNC(=O)OC(C)(C)C)c1ccccc1. The summed E-state index contributed by atoms with van der Waals surface area (Å²) in [6.07, 6.45) is 3.20. The van der Waals surface area contributed by atoms with Gasteiger partial charge in [0.05, 0.1) is 0 Å². The number of rotatable bonds is 5. The molecule has 4 heteroatoms. The monoisotopic (exact) mass is 318 g/mol. The fourth-order valence-electron chi connectivity index (χ4n) is 3.19. The Balaban J connectivity index is 1.82. The van der Waals surface area contributed by atoms with Crippen LogP contribution in [-0.2, 0) is 4.74 Å². The van der Waals surface area contributed by atoms with Gasteiger partial charge in [0, 0.05) is 18.6 Å². The Labute approximate surface area is 140 Å². The fourth-order valence-corrected chi connectivity index (χ4v) is 3.19. The van der Waals surface area contributed by atoms with Gasteiger partial charge in [-0.05, 0) is 52.0 Å². The summed E-state index contributed by atoms with van der Waals surface area (Å²) in [6.45, 7) is 8.52. The Hall–Kier alpha value is -1.55. The second kappa shape index (κ2) is 7.82. The summed E-state index contributed by atoms with van der Waals surface area (Å²) >= 11 is 0. The smallest absolute Gasteiger partial charge is 0.407 e. The summed E-state index contributed by atoms with van der Waals surface area (Å²) in [5, 5.41) is 6.65. The number of carbonyl (C=O) groups excluding carboxylic acids is 1. The van der Waals surface area contributed by atoms with Crippen molar-refractivity contribution in [3.63, 3.8) is 0 Å². The molecule has 3 atom stereocenters. The largest absolute Gasteiger partial charge is 0.444 e. The predicted octanol–water partition coefficient (Wildman–Crippen LogP) is 4.03. The molecule has 1 saturated carbocycles. The third-order valence-corrected chi connectivity index (χ3v) is 4.33. The van der Waals surface area contributed by atoms with Crippen LogP contribution in [0.4, 0.5) is 4.79 Å². The number of hydrogen-bond donors (Lipinski definition) is 2. The predicted molar refractivity (Wildman–Crippen MR) is 93.4 cm³/mol. The third-order valence-electron chi connectivity index (χ3n) is 4.33. The highest BCUT2D eigenvalue weighted by Gasteiger charge is 2.29. The maximum Gasteiger partial charge on any atom is 0.407 e. The summed E-state index contributed by atoms with van der Waals surface area (Å²) in [7, 11) is 0. The normalized spacial score (nSPS) is 22.6. The maximum absolute atomic E-state index is 11.8. The molecule has 0 bridgehead atoms. The minimum absolute atomic E-state index is 0.320. The molecule has 0 heterocycles. The Morgan fingerprint density at radius 1 is 1.26 bits per heavy atom. The molecule has 3 unspecified atom stereocenters. The zero-order valence-electron chi connectivity index (χ0n) is 14.8. The van der Waals surface area contributed by atoms with Crippen LogP contribution in [0.1, 0.15) is 58.6 Å². The highest BCUT2D eigenvalue weighted by Crippen LogP contribution is 2.27. The molecule has 0 aliphatic heterocycles. The lowest BCUT2D eigenvalue weighted by molar-refractivity contribution is 0.0517. The second-order valence-corrected chi connectivity index (χ2v) is 7.48. The first-order valence-corrected chi connectivity index (χ1v) is 8.63. The summed E-state index contributed by atoms with van der Waals surface area (Å²) in [6, 6.07) is 11.3. The topological polar surface area (TPSA) is 50.4 Å². The van der Waals surface area contributed by atoms with E-state index in [1.807, 2.05) is 26.8 Å². The van der Waals surface area contributed by atoms with Crippen LogP contribution in [0.25, 0.3) is 0 Å². The molecule has 2 N–H and O–H groups in total. The molecule has 23 heavy (non-hydrogen) atoms. The van der Waals surface area contributed by atoms with Crippen molar-refractivity contribution in [1.29, 1.82) is 0 Å². The lowest BCUT2D eigenvalue weighted by Gasteiger charge is -2.26. The Kier molecular flexibility index (Phi) is 6.05. The molecule has 1 fully saturated rings. The first-order valence-electron chi connectivity index (χ1n) is 8.63. The van der Waals surface area contributed by atoms with E-state index in [0.29, 0.717) is 24.5 Å². The van der Waals surface area contributed by atoms with E-state index in [0.717, 1.165) is 12.8 Å². The molecule has 4 nitrogen and oxygen atoms in total. The summed E-state index contributed by atoms with van der Waals surface area (Å²) in [5.74, 6) is 0.466. The van der Waals surface area contributed by atoms with Gasteiger partial charge >= 0.3 is 6.09 Å². The minimum atomic E-state index is -0.445. The molecule has 1 aliphatic carbocycles. The van der Waals surface area contributed by atoms with E-state index in [4.69, 9.17) is 4.74 Å². The molecule has 0 radical (unpaired) electrons. The van der Waals surface area contributed by atoms with E-state index in [2.05, 4.69) is 41.8 Å². The summed E-state index contributed by atoms with van der Waals surface area (Å²) in [5.41, 5.74) is 0.859. The molecule has 1 aromatic rings. The molecule has 1 amide bonds. The van der Waals surface area contributed by atoms with Crippen molar-refractivity contribution in [2.24, 2.45) is 5.92 Å². The van der Waals surface area contributed by atoms with Crippen LogP contribution < -0.4 is 10.6 Å². The number of carbonyl (C=O) groups is 1.